The first kappa shape index (κ1) is 25.1. The molecule has 1 amide bonds. The van der Waals surface area contributed by atoms with E-state index in [-0.39, 0.29) is 23.4 Å². The van der Waals surface area contributed by atoms with Gasteiger partial charge in [-0.2, -0.15) is 0 Å². The molecule has 2 unspecified atom stereocenters. The standard InChI is InChI=1S/C27H34N2O5/c1-4-6-9-19(5-2)26(30)28-23-11-8-7-10-21(23)25(29-14-16-34-17-15-29)22-13-12-20(27(31)32)18-24(22)33-3/h8,11-19,25H,4-7,9-10H2,1-3H3,(H,28,30)(H,31,32). The number of amides is 1. The third-order valence-corrected chi connectivity index (χ3v) is 6.26. The Morgan fingerprint density at radius 1 is 1.24 bits per heavy atom. The minimum absolute atomic E-state index is 0.0324. The first-order valence-corrected chi connectivity index (χ1v) is 11.9. The van der Waals surface area contributed by atoms with E-state index in [1.807, 2.05) is 30.3 Å². The van der Waals surface area contributed by atoms with Gasteiger partial charge in [0.25, 0.3) is 0 Å². The molecule has 0 radical (unpaired) electrons. The van der Waals surface area contributed by atoms with Gasteiger partial charge in [0.05, 0.1) is 18.7 Å². The van der Waals surface area contributed by atoms with Crippen molar-refractivity contribution in [1.82, 2.24) is 10.2 Å². The van der Waals surface area contributed by atoms with E-state index in [0.717, 1.165) is 55.4 Å². The van der Waals surface area contributed by atoms with Gasteiger partial charge in [-0.3, -0.25) is 4.79 Å². The number of carbonyl (C=O) groups excluding carboxylic acids is 1. The molecular weight excluding hydrogens is 432 g/mol. The van der Waals surface area contributed by atoms with Crippen LogP contribution in [0.5, 0.6) is 5.75 Å². The van der Waals surface area contributed by atoms with Crippen molar-refractivity contribution >= 4 is 11.9 Å². The van der Waals surface area contributed by atoms with Crippen molar-refractivity contribution in [3.8, 4) is 5.75 Å². The lowest BCUT2D eigenvalue weighted by molar-refractivity contribution is -0.124. The zero-order chi connectivity index (χ0) is 24.5. The quantitative estimate of drug-likeness (QED) is 0.438. The molecule has 1 aromatic rings. The van der Waals surface area contributed by atoms with Crippen molar-refractivity contribution in [2.24, 2.45) is 5.92 Å². The predicted molar refractivity (Wildman–Crippen MR) is 131 cm³/mol. The summed E-state index contributed by atoms with van der Waals surface area (Å²) in [5, 5.41) is 12.6. The van der Waals surface area contributed by atoms with E-state index in [2.05, 4.69) is 18.3 Å². The lowest BCUT2D eigenvalue weighted by atomic mass is 9.88. The maximum absolute atomic E-state index is 13.1. The zero-order valence-electron chi connectivity index (χ0n) is 20.1. The second-order valence-corrected chi connectivity index (χ2v) is 8.43. The Labute approximate surface area is 201 Å². The van der Waals surface area contributed by atoms with Gasteiger partial charge in [-0.1, -0.05) is 38.8 Å². The van der Waals surface area contributed by atoms with Gasteiger partial charge in [-0.15, -0.1) is 0 Å². The van der Waals surface area contributed by atoms with Crippen LogP contribution in [-0.2, 0) is 9.53 Å². The van der Waals surface area contributed by atoms with Crippen molar-refractivity contribution in [3.05, 3.63) is 77.7 Å². The summed E-state index contributed by atoms with van der Waals surface area (Å²) in [6.45, 7) is 4.18. The van der Waals surface area contributed by atoms with Crippen LogP contribution in [0.3, 0.4) is 0 Å². The van der Waals surface area contributed by atoms with Gasteiger partial charge < -0.3 is 24.8 Å². The molecule has 2 N–H and O–H groups in total. The monoisotopic (exact) mass is 466 g/mol. The fraction of sp³-hybridized carbons (Fsp3) is 0.407. The van der Waals surface area contributed by atoms with Crippen LogP contribution >= 0.6 is 0 Å². The number of benzene rings is 1. The maximum atomic E-state index is 13.1. The van der Waals surface area contributed by atoms with Gasteiger partial charge in [0, 0.05) is 29.6 Å². The Hall–Kier alpha value is -3.48. The highest BCUT2D eigenvalue weighted by molar-refractivity contribution is 5.88. The molecule has 7 nitrogen and oxygen atoms in total. The number of rotatable bonds is 11. The van der Waals surface area contributed by atoms with Crippen molar-refractivity contribution in [1.29, 1.82) is 0 Å². The molecular formula is C27H34N2O5. The normalized spacial score (nSPS) is 16.7. The molecule has 1 heterocycles. The Kier molecular flexibility index (Phi) is 8.96. The van der Waals surface area contributed by atoms with Crippen LogP contribution in [0.1, 0.15) is 74.3 Å². The molecule has 2 atom stereocenters. The van der Waals surface area contributed by atoms with E-state index >= 15 is 0 Å². The Morgan fingerprint density at radius 2 is 2.00 bits per heavy atom. The van der Waals surface area contributed by atoms with Crippen molar-refractivity contribution in [3.63, 3.8) is 0 Å². The van der Waals surface area contributed by atoms with Crippen molar-refractivity contribution in [2.45, 2.75) is 58.4 Å². The maximum Gasteiger partial charge on any atom is 0.335 e. The average molecular weight is 467 g/mol. The molecule has 3 rings (SSSR count). The van der Waals surface area contributed by atoms with Crippen LogP contribution in [0.25, 0.3) is 0 Å². The number of carboxylic acids is 1. The second-order valence-electron chi connectivity index (χ2n) is 8.43. The number of methoxy groups -OCH3 is 1. The summed E-state index contributed by atoms with van der Waals surface area (Å²) in [6, 6.07) is 4.58. The molecule has 0 bridgehead atoms. The molecule has 182 valence electrons. The Morgan fingerprint density at radius 3 is 2.65 bits per heavy atom. The summed E-state index contributed by atoms with van der Waals surface area (Å²) >= 11 is 0. The molecule has 2 aliphatic rings. The molecule has 1 aliphatic heterocycles. The third kappa shape index (κ3) is 5.90. The number of nitrogens with one attached hydrogen (secondary N) is 1. The second kappa shape index (κ2) is 12.1. The van der Waals surface area contributed by atoms with E-state index in [1.54, 1.807) is 24.7 Å². The summed E-state index contributed by atoms with van der Waals surface area (Å²) < 4.78 is 10.9. The SMILES string of the molecule is CCCCC(CC)C(=O)NC1=C(C(c2ccc(C(=O)O)cc2OC)N2C=COC=C2)CCC=C1. The summed E-state index contributed by atoms with van der Waals surface area (Å²) in [5.74, 6) is -0.539. The van der Waals surface area contributed by atoms with Crippen LogP contribution in [0, 0.1) is 5.92 Å². The number of carbonyl (C=O) groups is 2. The predicted octanol–water partition coefficient (Wildman–Crippen LogP) is 5.65. The Balaban J connectivity index is 2.06. The van der Waals surface area contributed by atoms with E-state index in [0.29, 0.717) is 5.75 Å². The minimum atomic E-state index is -1.02. The van der Waals surface area contributed by atoms with Crippen LogP contribution in [0.2, 0.25) is 0 Å². The summed E-state index contributed by atoms with van der Waals surface area (Å²) in [4.78, 5) is 26.6. The Bertz CT molecular complexity index is 996. The highest BCUT2D eigenvalue weighted by atomic mass is 16.5. The van der Waals surface area contributed by atoms with E-state index in [9.17, 15) is 14.7 Å². The number of nitrogens with zero attached hydrogens (tertiary/aromatic N) is 1. The largest absolute Gasteiger partial charge is 0.496 e. The van der Waals surface area contributed by atoms with Gasteiger partial charge in [-0.25, -0.2) is 4.79 Å². The molecule has 0 saturated carbocycles. The number of hydrogen-bond acceptors (Lipinski definition) is 5. The van der Waals surface area contributed by atoms with E-state index in [4.69, 9.17) is 9.47 Å². The molecule has 0 saturated heterocycles. The number of allylic oxidation sites excluding steroid dienone is 2. The van der Waals surface area contributed by atoms with Crippen molar-refractivity contribution < 1.29 is 24.2 Å². The fourth-order valence-electron chi connectivity index (χ4n) is 4.37. The number of aromatic carboxylic acids is 1. The number of unbranched alkanes of at least 4 members (excludes halogenated alkanes) is 1. The smallest absolute Gasteiger partial charge is 0.335 e. The number of carboxylic acid groups (broad SMARTS) is 1. The van der Waals surface area contributed by atoms with Gasteiger partial charge in [0.2, 0.25) is 5.91 Å². The minimum Gasteiger partial charge on any atom is -0.496 e. The highest BCUT2D eigenvalue weighted by Crippen LogP contribution is 2.40. The highest BCUT2D eigenvalue weighted by Gasteiger charge is 2.30. The summed E-state index contributed by atoms with van der Waals surface area (Å²) in [6.07, 6.45) is 16.2. The lowest BCUT2D eigenvalue weighted by Crippen LogP contribution is -2.33. The van der Waals surface area contributed by atoms with E-state index < -0.39 is 5.97 Å². The van der Waals surface area contributed by atoms with Crippen LogP contribution in [0.4, 0.5) is 0 Å². The topological polar surface area (TPSA) is 88.1 Å². The number of ether oxygens (including phenoxy) is 2. The molecule has 34 heavy (non-hydrogen) atoms. The molecule has 1 aliphatic carbocycles. The number of hydrogen-bond donors (Lipinski definition) is 2. The third-order valence-electron chi connectivity index (χ3n) is 6.26. The van der Waals surface area contributed by atoms with Crippen LogP contribution in [0.15, 0.2) is 66.5 Å². The molecule has 1 aromatic carbocycles. The summed E-state index contributed by atoms with van der Waals surface area (Å²) in [5.41, 5.74) is 2.77. The molecule has 7 heteroatoms. The fourth-order valence-corrected chi connectivity index (χ4v) is 4.37. The van der Waals surface area contributed by atoms with E-state index in [1.165, 1.54) is 13.2 Å². The molecule has 0 fully saturated rings. The van der Waals surface area contributed by atoms with Gasteiger partial charge in [0.15, 0.2) is 0 Å². The lowest BCUT2D eigenvalue weighted by Gasteiger charge is -2.34. The molecule has 0 spiro atoms. The summed E-state index contributed by atoms with van der Waals surface area (Å²) in [7, 11) is 1.53. The van der Waals surface area contributed by atoms with Crippen LogP contribution in [-0.4, -0.2) is 29.0 Å². The first-order valence-electron chi connectivity index (χ1n) is 11.9. The first-order chi connectivity index (χ1) is 16.5. The van der Waals surface area contributed by atoms with Gasteiger partial charge in [-0.05, 0) is 49.5 Å². The van der Waals surface area contributed by atoms with Crippen molar-refractivity contribution in [2.75, 3.05) is 7.11 Å². The molecule has 0 aromatic heterocycles. The van der Waals surface area contributed by atoms with Crippen LogP contribution < -0.4 is 10.1 Å². The van der Waals surface area contributed by atoms with Gasteiger partial charge >= 0.3 is 5.97 Å². The zero-order valence-corrected chi connectivity index (χ0v) is 20.1. The average Bonchev–Trinajstić information content (AvgIpc) is 2.86. The van der Waals surface area contributed by atoms with Gasteiger partial charge in [0.1, 0.15) is 18.3 Å².